The molecule has 20 heavy (non-hydrogen) atoms. The van der Waals surface area contributed by atoms with Crippen LogP contribution in [0.3, 0.4) is 0 Å². The highest BCUT2D eigenvalue weighted by Crippen LogP contribution is 2.27. The number of aromatic carboxylic acids is 1. The first kappa shape index (κ1) is 14.3. The highest BCUT2D eigenvalue weighted by atomic mass is 19.1. The number of nitrogens with zero attached hydrogens (tertiary/aromatic N) is 1. The van der Waals surface area contributed by atoms with E-state index in [1.807, 2.05) is 6.92 Å². The lowest BCUT2D eigenvalue weighted by molar-refractivity contribution is -0.133. The summed E-state index contributed by atoms with van der Waals surface area (Å²) in [5, 5.41) is 8.97. The number of ether oxygens (including phenoxy) is 1. The van der Waals surface area contributed by atoms with Gasteiger partial charge in [0.05, 0.1) is 0 Å². The Morgan fingerprint density at radius 2 is 2.15 bits per heavy atom. The van der Waals surface area contributed by atoms with E-state index in [1.165, 1.54) is 6.07 Å². The van der Waals surface area contributed by atoms with E-state index in [0.29, 0.717) is 6.54 Å². The number of carboxylic acid groups (broad SMARTS) is 1. The standard InChI is InChI=1S/C14H16FNO4/c1-2-16(10-4-5-10)13(17)8-20-12-6-3-9(15)7-11(12)14(18)19/h3,6-7,10H,2,4-5,8H2,1H3,(H,18,19). The van der Waals surface area contributed by atoms with Crippen molar-refractivity contribution >= 4 is 11.9 Å². The Labute approximate surface area is 116 Å². The van der Waals surface area contributed by atoms with Crippen molar-refractivity contribution in [2.24, 2.45) is 0 Å². The van der Waals surface area contributed by atoms with Crippen molar-refractivity contribution in [2.75, 3.05) is 13.2 Å². The van der Waals surface area contributed by atoms with Crippen molar-refractivity contribution in [1.29, 1.82) is 0 Å². The number of likely N-dealkylation sites (N-methyl/N-ethyl adjacent to an activating group) is 1. The molecule has 2 rings (SSSR count). The summed E-state index contributed by atoms with van der Waals surface area (Å²) in [6, 6.07) is 3.48. The van der Waals surface area contributed by atoms with E-state index in [9.17, 15) is 14.0 Å². The largest absolute Gasteiger partial charge is 0.483 e. The zero-order valence-electron chi connectivity index (χ0n) is 11.1. The minimum Gasteiger partial charge on any atom is -0.483 e. The van der Waals surface area contributed by atoms with E-state index in [4.69, 9.17) is 9.84 Å². The summed E-state index contributed by atoms with van der Waals surface area (Å²) in [7, 11) is 0. The lowest BCUT2D eigenvalue weighted by atomic mass is 10.2. The fourth-order valence-electron chi connectivity index (χ4n) is 2.04. The van der Waals surface area contributed by atoms with Gasteiger partial charge in [0.15, 0.2) is 6.61 Å². The zero-order valence-corrected chi connectivity index (χ0v) is 11.1. The van der Waals surface area contributed by atoms with Crippen LogP contribution in [0.4, 0.5) is 4.39 Å². The molecule has 1 aromatic carbocycles. The number of amides is 1. The van der Waals surface area contributed by atoms with Gasteiger partial charge in [-0.2, -0.15) is 0 Å². The maximum atomic E-state index is 13.0. The molecular weight excluding hydrogens is 265 g/mol. The van der Waals surface area contributed by atoms with Gasteiger partial charge in [0.2, 0.25) is 0 Å². The van der Waals surface area contributed by atoms with Gasteiger partial charge in [0.25, 0.3) is 5.91 Å². The molecule has 0 unspecified atom stereocenters. The van der Waals surface area contributed by atoms with Crippen molar-refractivity contribution in [3.05, 3.63) is 29.6 Å². The van der Waals surface area contributed by atoms with Crippen LogP contribution in [0.25, 0.3) is 0 Å². The van der Waals surface area contributed by atoms with Crippen LogP contribution in [-0.4, -0.2) is 41.1 Å². The Bertz CT molecular complexity index is 528. The normalized spacial score (nSPS) is 13.9. The number of rotatable bonds is 6. The number of carboxylic acids is 1. The molecule has 0 radical (unpaired) electrons. The predicted molar refractivity (Wildman–Crippen MR) is 69.3 cm³/mol. The summed E-state index contributed by atoms with van der Waals surface area (Å²) in [4.78, 5) is 24.7. The number of benzene rings is 1. The van der Waals surface area contributed by atoms with E-state index >= 15 is 0 Å². The summed E-state index contributed by atoms with van der Waals surface area (Å²) in [5.41, 5.74) is -0.285. The molecule has 1 aliphatic rings. The van der Waals surface area contributed by atoms with Crippen LogP contribution in [-0.2, 0) is 4.79 Å². The van der Waals surface area contributed by atoms with Gasteiger partial charge >= 0.3 is 5.97 Å². The third kappa shape index (κ3) is 3.26. The first-order valence-corrected chi connectivity index (χ1v) is 6.48. The molecule has 0 atom stereocenters. The van der Waals surface area contributed by atoms with Crippen LogP contribution in [0.1, 0.15) is 30.1 Å². The topological polar surface area (TPSA) is 66.8 Å². The smallest absolute Gasteiger partial charge is 0.339 e. The third-order valence-electron chi connectivity index (χ3n) is 3.17. The van der Waals surface area contributed by atoms with Crippen molar-refractivity contribution < 1.29 is 23.8 Å². The van der Waals surface area contributed by atoms with Crippen LogP contribution in [0, 0.1) is 5.82 Å². The third-order valence-corrected chi connectivity index (χ3v) is 3.17. The van der Waals surface area contributed by atoms with E-state index in [2.05, 4.69) is 0 Å². The molecule has 0 aromatic heterocycles. The highest BCUT2D eigenvalue weighted by molar-refractivity contribution is 5.91. The Kier molecular flexibility index (Phi) is 4.22. The second kappa shape index (κ2) is 5.90. The van der Waals surface area contributed by atoms with Crippen LogP contribution >= 0.6 is 0 Å². The first-order chi connectivity index (χ1) is 9.52. The summed E-state index contributed by atoms with van der Waals surface area (Å²) >= 11 is 0. The fraction of sp³-hybridized carbons (Fsp3) is 0.429. The van der Waals surface area contributed by atoms with Crippen molar-refractivity contribution in [1.82, 2.24) is 4.90 Å². The Balaban J connectivity index is 2.03. The van der Waals surface area contributed by atoms with Gasteiger partial charge in [0, 0.05) is 12.6 Å². The van der Waals surface area contributed by atoms with E-state index < -0.39 is 11.8 Å². The zero-order chi connectivity index (χ0) is 14.7. The van der Waals surface area contributed by atoms with Crippen LogP contribution in [0.15, 0.2) is 18.2 Å². The molecule has 0 saturated heterocycles. The minimum absolute atomic E-state index is 0.000833. The van der Waals surface area contributed by atoms with Crippen LogP contribution in [0.5, 0.6) is 5.75 Å². The van der Waals surface area contributed by atoms with E-state index in [1.54, 1.807) is 4.90 Å². The molecule has 1 saturated carbocycles. The molecule has 1 amide bonds. The predicted octanol–water partition coefficient (Wildman–Crippen LogP) is 1.91. The number of halogens is 1. The molecule has 0 bridgehead atoms. The lowest BCUT2D eigenvalue weighted by Gasteiger charge is -2.20. The molecular formula is C14H16FNO4. The number of hydrogen-bond donors (Lipinski definition) is 1. The minimum atomic E-state index is -1.29. The van der Waals surface area contributed by atoms with Gasteiger partial charge in [-0.15, -0.1) is 0 Å². The quantitative estimate of drug-likeness (QED) is 0.865. The number of hydrogen-bond acceptors (Lipinski definition) is 3. The van der Waals surface area contributed by atoms with Crippen molar-refractivity contribution in [2.45, 2.75) is 25.8 Å². The van der Waals surface area contributed by atoms with Crippen molar-refractivity contribution in [3.8, 4) is 5.75 Å². The van der Waals surface area contributed by atoms with Gasteiger partial charge in [-0.25, -0.2) is 9.18 Å². The maximum absolute atomic E-state index is 13.0. The highest BCUT2D eigenvalue weighted by Gasteiger charge is 2.31. The summed E-state index contributed by atoms with van der Waals surface area (Å²) < 4.78 is 18.2. The van der Waals surface area contributed by atoms with Crippen LogP contribution in [0.2, 0.25) is 0 Å². The maximum Gasteiger partial charge on any atom is 0.339 e. The molecule has 5 nitrogen and oxygen atoms in total. The molecule has 1 fully saturated rings. The van der Waals surface area contributed by atoms with Crippen LogP contribution < -0.4 is 4.74 Å². The summed E-state index contributed by atoms with van der Waals surface area (Å²) in [5.74, 6) is -2.13. The van der Waals surface area contributed by atoms with Gasteiger partial charge in [-0.1, -0.05) is 0 Å². The van der Waals surface area contributed by atoms with Gasteiger partial charge in [0.1, 0.15) is 17.1 Å². The number of carbonyl (C=O) groups is 2. The number of carbonyl (C=O) groups excluding carboxylic acids is 1. The Morgan fingerprint density at radius 3 is 2.70 bits per heavy atom. The van der Waals surface area contributed by atoms with E-state index in [0.717, 1.165) is 25.0 Å². The fourth-order valence-corrected chi connectivity index (χ4v) is 2.04. The molecule has 1 N–H and O–H groups in total. The second-order valence-electron chi connectivity index (χ2n) is 4.65. The average Bonchev–Trinajstić information content (AvgIpc) is 3.22. The lowest BCUT2D eigenvalue weighted by Crippen LogP contribution is -2.36. The molecule has 1 aliphatic carbocycles. The second-order valence-corrected chi connectivity index (χ2v) is 4.65. The van der Waals surface area contributed by atoms with Gasteiger partial charge in [-0.3, -0.25) is 4.79 Å². The monoisotopic (exact) mass is 281 g/mol. The Morgan fingerprint density at radius 1 is 1.45 bits per heavy atom. The summed E-state index contributed by atoms with van der Waals surface area (Å²) in [6.45, 7) is 2.25. The van der Waals surface area contributed by atoms with E-state index in [-0.39, 0.29) is 29.9 Å². The molecule has 0 heterocycles. The van der Waals surface area contributed by atoms with Gasteiger partial charge < -0.3 is 14.7 Å². The molecule has 1 aromatic rings. The molecule has 6 heteroatoms. The Hall–Kier alpha value is -2.11. The molecule has 0 aliphatic heterocycles. The van der Waals surface area contributed by atoms with Crippen molar-refractivity contribution in [3.63, 3.8) is 0 Å². The average molecular weight is 281 g/mol. The molecule has 0 spiro atoms. The molecule has 108 valence electrons. The van der Waals surface area contributed by atoms with Gasteiger partial charge in [-0.05, 0) is 38.0 Å². The first-order valence-electron chi connectivity index (χ1n) is 6.48. The SMILES string of the molecule is CCN(C(=O)COc1ccc(F)cc1C(=O)O)C1CC1. The summed E-state index contributed by atoms with van der Waals surface area (Å²) in [6.07, 6.45) is 1.99.